The van der Waals surface area contributed by atoms with Crippen molar-refractivity contribution in [2.45, 2.75) is 0 Å². The Morgan fingerprint density at radius 1 is 0.340 bits per heavy atom. The average Bonchev–Trinajstić information content (AvgIpc) is 3.19. The SMILES string of the molecule is c1cnc(-c2ccc3ccc(-c4ccc5ccc(-c6ccc(-c7ccc8ccc9cccnc9c8n7)c7ccccc67)nc5c4)cc3n2)nc1. The van der Waals surface area contributed by atoms with E-state index in [-0.39, 0.29) is 0 Å². The number of pyridine rings is 4. The Morgan fingerprint density at radius 2 is 0.860 bits per heavy atom. The standard InChI is InChI=1S/C44H26N6/c1-2-7-34-33(6-1)35(17-18-36(34)38-20-16-30-11-10-29-5-3-22-45-42(29)43(30)50-38)37-19-14-27-8-12-31(25-40(27)48-37)32-13-9-28-15-21-39(49-41(28)26-32)44-46-23-4-24-47-44/h1-26H. The van der Waals surface area contributed by atoms with Gasteiger partial charge in [0.15, 0.2) is 5.82 Å². The molecule has 0 aliphatic heterocycles. The van der Waals surface area contributed by atoms with E-state index in [0.29, 0.717) is 5.82 Å². The molecule has 0 N–H and O–H groups in total. The number of fused-ring (bicyclic) bond motifs is 6. The molecule has 5 aromatic carbocycles. The normalized spacial score (nSPS) is 11.6. The number of hydrogen-bond donors (Lipinski definition) is 0. The van der Waals surface area contributed by atoms with Gasteiger partial charge in [-0.15, -0.1) is 0 Å². The van der Waals surface area contributed by atoms with E-state index in [4.69, 9.17) is 15.0 Å². The summed E-state index contributed by atoms with van der Waals surface area (Å²) >= 11 is 0. The van der Waals surface area contributed by atoms with Crippen molar-refractivity contribution in [3.05, 3.63) is 158 Å². The van der Waals surface area contributed by atoms with Gasteiger partial charge >= 0.3 is 0 Å². The van der Waals surface area contributed by atoms with Gasteiger partial charge in [0.1, 0.15) is 5.69 Å². The first-order valence-corrected chi connectivity index (χ1v) is 16.5. The number of benzene rings is 5. The van der Waals surface area contributed by atoms with Crippen LogP contribution in [0.1, 0.15) is 0 Å². The van der Waals surface area contributed by atoms with Gasteiger partial charge in [0.2, 0.25) is 0 Å². The minimum atomic E-state index is 0.613. The largest absolute Gasteiger partial charge is 0.254 e. The number of aromatic nitrogens is 6. The summed E-state index contributed by atoms with van der Waals surface area (Å²) in [5, 5.41) is 6.57. The lowest BCUT2D eigenvalue weighted by Crippen LogP contribution is -1.92. The molecule has 0 aliphatic carbocycles. The summed E-state index contributed by atoms with van der Waals surface area (Å²) < 4.78 is 0. The molecule has 6 heteroatoms. The van der Waals surface area contributed by atoms with Crippen molar-refractivity contribution in [1.82, 2.24) is 29.9 Å². The van der Waals surface area contributed by atoms with Crippen LogP contribution in [0.2, 0.25) is 0 Å². The first-order valence-electron chi connectivity index (χ1n) is 16.5. The van der Waals surface area contributed by atoms with Crippen molar-refractivity contribution in [3.63, 3.8) is 0 Å². The van der Waals surface area contributed by atoms with Crippen molar-refractivity contribution in [1.29, 1.82) is 0 Å². The van der Waals surface area contributed by atoms with Crippen molar-refractivity contribution in [2.75, 3.05) is 0 Å². The van der Waals surface area contributed by atoms with E-state index >= 15 is 0 Å². The molecule has 5 aromatic heterocycles. The second-order valence-electron chi connectivity index (χ2n) is 12.4. The van der Waals surface area contributed by atoms with Crippen LogP contribution in [0, 0.1) is 0 Å². The molecule has 50 heavy (non-hydrogen) atoms. The molecule has 5 heterocycles. The molecule has 0 aliphatic rings. The van der Waals surface area contributed by atoms with Crippen LogP contribution in [0.5, 0.6) is 0 Å². The van der Waals surface area contributed by atoms with Gasteiger partial charge in [0, 0.05) is 51.3 Å². The van der Waals surface area contributed by atoms with E-state index in [0.717, 1.165) is 93.7 Å². The second kappa shape index (κ2) is 11.4. The zero-order valence-electron chi connectivity index (χ0n) is 26.7. The smallest absolute Gasteiger partial charge is 0.178 e. The van der Waals surface area contributed by atoms with E-state index in [1.54, 1.807) is 12.4 Å². The minimum Gasteiger partial charge on any atom is -0.254 e. The topological polar surface area (TPSA) is 77.3 Å². The lowest BCUT2D eigenvalue weighted by atomic mass is 9.95. The maximum atomic E-state index is 5.22. The van der Waals surface area contributed by atoms with E-state index in [9.17, 15) is 0 Å². The fraction of sp³-hybridized carbons (Fsp3) is 0. The Kier molecular flexibility index (Phi) is 6.39. The van der Waals surface area contributed by atoms with Crippen molar-refractivity contribution >= 4 is 54.4 Å². The maximum absolute atomic E-state index is 5.22. The minimum absolute atomic E-state index is 0.613. The van der Waals surface area contributed by atoms with Crippen LogP contribution in [0.4, 0.5) is 0 Å². The fourth-order valence-corrected chi connectivity index (χ4v) is 6.92. The molecule has 0 fully saturated rings. The van der Waals surface area contributed by atoms with Gasteiger partial charge in [-0.1, -0.05) is 97.1 Å². The van der Waals surface area contributed by atoms with Crippen LogP contribution in [0.25, 0.3) is 99.5 Å². The molecule has 0 unspecified atom stereocenters. The molecule has 10 rings (SSSR count). The third-order valence-corrected chi connectivity index (χ3v) is 9.42. The molecular formula is C44H26N6. The summed E-state index contributed by atoms with van der Waals surface area (Å²) in [5.74, 6) is 0.613. The highest BCUT2D eigenvalue weighted by molar-refractivity contribution is 6.07. The van der Waals surface area contributed by atoms with Crippen LogP contribution in [-0.2, 0) is 0 Å². The third-order valence-electron chi connectivity index (χ3n) is 9.42. The average molecular weight is 639 g/mol. The van der Waals surface area contributed by atoms with Gasteiger partial charge in [0.05, 0.1) is 33.5 Å². The predicted molar refractivity (Wildman–Crippen MR) is 202 cm³/mol. The van der Waals surface area contributed by atoms with Gasteiger partial charge in [-0.2, -0.15) is 0 Å². The third kappa shape index (κ3) is 4.73. The van der Waals surface area contributed by atoms with Gasteiger partial charge < -0.3 is 0 Å². The first-order chi connectivity index (χ1) is 24.7. The number of nitrogens with zero attached hydrogens (tertiary/aromatic N) is 6. The van der Waals surface area contributed by atoms with Crippen molar-refractivity contribution < 1.29 is 0 Å². The Labute approximate surface area is 286 Å². The molecule has 0 amide bonds. The first kappa shape index (κ1) is 28.1. The van der Waals surface area contributed by atoms with Crippen LogP contribution in [0.3, 0.4) is 0 Å². The van der Waals surface area contributed by atoms with Gasteiger partial charge in [-0.3, -0.25) is 4.98 Å². The Balaban J connectivity index is 1.06. The van der Waals surface area contributed by atoms with Gasteiger partial charge in [0.25, 0.3) is 0 Å². The fourth-order valence-electron chi connectivity index (χ4n) is 6.92. The summed E-state index contributed by atoms with van der Waals surface area (Å²) in [6.07, 6.45) is 5.30. The summed E-state index contributed by atoms with van der Waals surface area (Å²) in [7, 11) is 0. The van der Waals surface area contributed by atoms with Gasteiger partial charge in [-0.25, -0.2) is 24.9 Å². The predicted octanol–water partition coefficient (Wildman–Crippen LogP) is 10.5. The zero-order valence-corrected chi connectivity index (χ0v) is 26.7. The highest BCUT2D eigenvalue weighted by atomic mass is 14.9. The molecule has 6 nitrogen and oxygen atoms in total. The lowest BCUT2D eigenvalue weighted by Gasteiger charge is -2.13. The Hall–Kier alpha value is -6.92. The Bertz CT molecular complexity index is 2940. The highest BCUT2D eigenvalue weighted by Gasteiger charge is 2.14. The Morgan fingerprint density at radius 3 is 1.54 bits per heavy atom. The molecule has 0 spiro atoms. The summed E-state index contributed by atoms with van der Waals surface area (Å²) in [6.45, 7) is 0. The molecule has 0 saturated carbocycles. The molecule has 10 aromatic rings. The van der Waals surface area contributed by atoms with E-state index < -0.39 is 0 Å². The van der Waals surface area contributed by atoms with Crippen LogP contribution in [0.15, 0.2) is 158 Å². The van der Waals surface area contributed by atoms with Crippen LogP contribution >= 0.6 is 0 Å². The van der Waals surface area contributed by atoms with Crippen LogP contribution in [-0.4, -0.2) is 29.9 Å². The lowest BCUT2D eigenvalue weighted by molar-refractivity contribution is 1.15. The number of rotatable bonds is 4. The molecule has 0 atom stereocenters. The second-order valence-corrected chi connectivity index (χ2v) is 12.4. The molecule has 0 bridgehead atoms. The number of hydrogen-bond acceptors (Lipinski definition) is 6. The molecular weight excluding hydrogens is 613 g/mol. The van der Waals surface area contributed by atoms with E-state index in [1.165, 1.54) is 0 Å². The quantitative estimate of drug-likeness (QED) is 0.179. The monoisotopic (exact) mass is 638 g/mol. The molecule has 232 valence electrons. The summed E-state index contributed by atoms with van der Waals surface area (Å²) in [6, 6.07) is 48.3. The molecule has 0 radical (unpaired) electrons. The van der Waals surface area contributed by atoms with Gasteiger partial charge in [-0.05, 0) is 64.4 Å². The highest BCUT2D eigenvalue weighted by Crippen LogP contribution is 2.37. The van der Waals surface area contributed by atoms with E-state index in [1.807, 2.05) is 24.4 Å². The van der Waals surface area contributed by atoms with E-state index in [2.05, 4.69) is 136 Å². The van der Waals surface area contributed by atoms with Crippen molar-refractivity contribution in [3.8, 4) is 45.2 Å². The summed E-state index contributed by atoms with van der Waals surface area (Å²) in [4.78, 5) is 28.7. The molecule has 0 saturated heterocycles. The maximum Gasteiger partial charge on any atom is 0.178 e. The van der Waals surface area contributed by atoms with Crippen molar-refractivity contribution in [2.24, 2.45) is 0 Å². The zero-order chi connectivity index (χ0) is 33.0. The summed E-state index contributed by atoms with van der Waals surface area (Å²) in [5.41, 5.74) is 10.6. The van der Waals surface area contributed by atoms with Crippen LogP contribution < -0.4 is 0 Å².